The van der Waals surface area contributed by atoms with Gasteiger partial charge >= 0.3 is 0 Å². The Hall–Kier alpha value is -2.40. The van der Waals surface area contributed by atoms with Crippen LogP contribution in [-0.2, 0) is 4.74 Å². The number of hydrogen-bond acceptors (Lipinski definition) is 4. The molecule has 0 N–H and O–H groups in total. The van der Waals surface area contributed by atoms with E-state index in [0.29, 0.717) is 5.69 Å². The van der Waals surface area contributed by atoms with Crippen molar-refractivity contribution in [2.45, 2.75) is 6.92 Å². The van der Waals surface area contributed by atoms with Crippen molar-refractivity contribution in [2.24, 2.45) is 0 Å². The van der Waals surface area contributed by atoms with Crippen molar-refractivity contribution in [3.8, 4) is 0 Å². The highest BCUT2D eigenvalue weighted by molar-refractivity contribution is 6.04. The van der Waals surface area contributed by atoms with Crippen LogP contribution in [0.4, 0.5) is 11.4 Å². The first-order chi connectivity index (χ1) is 11.1. The highest BCUT2D eigenvalue weighted by Crippen LogP contribution is 2.20. The number of morpholine rings is 1. The third kappa shape index (κ3) is 3.51. The maximum Gasteiger partial charge on any atom is 0.276 e. The van der Waals surface area contributed by atoms with E-state index in [9.17, 15) is 4.79 Å². The van der Waals surface area contributed by atoms with Gasteiger partial charge < -0.3 is 14.5 Å². The fourth-order valence-corrected chi connectivity index (χ4v) is 2.68. The number of rotatable bonds is 3. The monoisotopic (exact) mass is 311 g/mol. The number of aryl methyl sites for hydroxylation is 1. The Bertz CT molecular complexity index is 696. The Morgan fingerprint density at radius 3 is 2.74 bits per heavy atom. The second kappa shape index (κ2) is 6.79. The smallest absolute Gasteiger partial charge is 0.276 e. The van der Waals surface area contributed by atoms with Crippen LogP contribution in [0.15, 0.2) is 42.6 Å². The molecule has 1 aromatic carbocycles. The maximum absolute atomic E-state index is 12.7. The number of anilines is 2. The van der Waals surface area contributed by atoms with Gasteiger partial charge in [-0.05, 0) is 36.8 Å². The number of carbonyl (C=O) groups excluding carboxylic acids is 1. The fourth-order valence-electron chi connectivity index (χ4n) is 2.68. The lowest BCUT2D eigenvalue weighted by Gasteiger charge is -2.29. The van der Waals surface area contributed by atoms with E-state index in [0.717, 1.165) is 43.2 Å². The molecule has 1 amide bonds. The van der Waals surface area contributed by atoms with Crippen LogP contribution in [0.5, 0.6) is 0 Å². The van der Waals surface area contributed by atoms with Gasteiger partial charge in [-0.3, -0.25) is 9.78 Å². The van der Waals surface area contributed by atoms with Gasteiger partial charge in [0.2, 0.25) is 0 Å². The molecule has 1 aromatic heterocycles. The zero-order valence-corrected chi connectivity index (χ0v) is 13.5. The Labute approximate surface area is 136 Å². The third-order valence-electron chi connectivity index (χ3n) is 4.03. The van der Waals surface area contributed by atoms with Gasteiger partial charge in [-0.25, -0.2) is 0 Å². The lowest BCUT2D eigenvalue weighted by molar-refractivity contribution is 0.0988. The predicted octanol–water partition coefficient (Wildman–Crippen LogP) is 2.50. The molecule has 1 aliphatic rings. The number of ether oxygens (including phenoxy) is 1. The standard InChI is InChI=1S/C18H21N3O2/c1-14-4-3-5-15(12-14)20(2)18(22)17-13-16(6-7-19-17)21-8-10-23-11-9-21/h3-7,12-13H,8-11H2,1-2H3. The second-order valence-corrected chi connectivity index (χ2v) is 5.70. The molecule has 23 heavy (non-hydrogen) atoms. The molecule has 0 saturated carbocycles. The number of hydrogen-bond donors (Lipinski definition) is 0. The molecule has 0 bridgehead atoms. The summed E-state index contributed by atoms with van der Waals surface area (Å²) in [5.74, 6) is -0.106. The number of aromatic nitrogens is 1. The van der Waals surface area contributed by atoms with Crippen LogP contribution in [0.3, 0.4) is 0 Å². The summed E-state index contributed by atoms with van der Waals surface area (Å²) < 4.78 is 5.37. The molecule has 2 heterocycles. The highest BCUT2D eigenvalue weighted by atomic mass is 16.5. The summed E-state index contributed by atoms with van der Waals surface area (Å²) >= 11 is 0. The molecule has 0 spiro atoms. The van der Waals surface area contributed by atoms with Gasteiger partial charge in [0, 0.05) is 37.7 Å². The minimum absolute atomic E-state index is 0.106. The first kappa shape index (κ1) is 15.5. The second-order valence-electron chi connectivity index (χ2n) is 5.70. The molecule has 1 aliphatic heterocycles. The largest absolute Gasteiger partial charge is 0.378 e. The van der Waals surface area contributed by atoms with E-state index in [2.05, 4.69) is 9.88 Å². The van der Waals surface area contributed by atoms with Crippen molar-refractivity contribution in [1.82, 2.24) is 4.98 Å². The van der Waals surface area contributed by atoms with Crippen LogP contribution in [0.2, 0.25) is 0 Å². The van der Waals surface area contributed by atoms with Gasteiger partial charge in [0.15, 0.2) is 0 Å². The first-order valence-corrected chi connectivity index (χ1v) is 7.78. The molecule has 120 valence electrons. The molecule has 0 radical (unpaired) electrons. The van der Waals surface area contributed by atoms with Crippen LogP contribution in [0.1, 0.15) is 16.1 Å². The maximum atomic E-state index is 12.7. The molecular formula is C18H21N3O2. The molecule has 1 saturated heterocycles. The SMILES string of the molecule is Cc1cccc(N(C)C(=O)c2cc(N3CCOCC3)ccn2)c1. The van der Waals surface area contributed by atoms with Gasteiger partial charge in [0.05, 0.1) is 13.2 Å². The Morgan fingerprint density at radius 1 is 1.22 bits per heavy atom. The van der Waals surface area contributed by atoms with E-state index in [4.69, 9.17) is 4.74 Å². The normalized spacial score (nSPS) is 14.6. The van der Waals surface area contributed by atoms with Crippen molar-refractivity contribution >= 4 is 17.3 Å². The van der Waals surface area contributed by atoms with Crippen molar-refractivity contribution < 1.29 is 9.53 Å². The molecule has 5 nitrogen and oxygen atoms in total. The first-order valence-electron chi connectivity index (χ1n) is 7.78. The zero-order chi connectivity index (χ0) is 16.2. The van der Waals surface area contributed by atoms with Gasteiger partial charge in [-0.1, -0.05) is 12.1 Å². The molecular weight excluding hydrogens is 290 g/mol. The van der Waals surface area contributed by atoms with Gasteiger partial charge in [-0.2, -0.15) is 0 Å². The molecule has 0 atom stereocenters. The number of amides is 1. The summed E-state index contributed by atoms with van der Waals surface area (Å²) in [4.78, 5) is 20.8. The van der Waals surface area contributed by atoms with E-state index >= 15 is 0 Å². The molecule has 1 fully saturated rings. The summed E-state index contributed by atoms with van der Waals surface area (Å²) in [5, 5.41) is 0. The van der Waals surface area contributed by atoms with Crippen LogP contribution in [0.25, 0.3) is 0 Å². The minimum Gasteiger partial charge on any atom is -0.378 e. The molecule has 5 heteroatoms. The summed E-state index contributed by atoms with van der Waals surface area (Å²) in [6.45, 7) is 5.12. The fraction of sp³-hybridized carbons (Fsp3) is 0.333. The Morgan fingerprint density at radius 2 is 2.00 bits per heavy atom. The van der Waals surface area contributed by atoms with Crippen LogP contribution < -0.4 is 9.80 Å². The van der Waals surface area contributed by atoms with Gasteiger partial charge in [0.1, 0.15) is 5.69 Å². The highest BCUT2D eigenvalue weighted by Gasteiger charge is 2.18. The van der Waals surface area contributed by atoms with Crippen molar-refractivity contribution in [3.63, 3.8) is 0 Å². The van der Waals surface area contributed by atoms with E-state index in [-0.39, 0.29) is 5.91 Å². The Kier molecular flexibility index (Phi) is 4.57. The van der Waals surface area contributed by atoms with Crippen LogP contribution in [-0.4, -0.2) is 44.2 Å². The zero-order valence-electron chi connectivity index (χ0n) is 13.5. The molecule has 0 unspecified atom stereocenters. The predicted molar refractivity (Wildman–Crippen MR) is 91.2 cm³/mol. The molecule has 3 rings (SSSR count). The number of carbonyl (C=O) groups is 1. The summed E-state index contributed by atoms with van der Waals surface area (Å²) in [5.41, 5.74) is 3.47. The lowest BCUT2D eigenvalue weighted by Crippen LogP contribution is -2.36. The van der Waals surface area contributed by atoms with E-state index in [1.807, 2.05) is 43.3 Å². The summed E-state index contributed by atoms with van der Waals surface area (Å²) in [6.07, 6.45) is 1.70. The average molecular weight is 311 g/mol. The average Bonchev–Trinajstić information content (AvgIpc) is 2.61. The molecule has 2 aromatic rings. The van der Waals surface area contributed by atoms with Crippen molar-refractivity contribution in [1.29, 1.82) is 0 Å². The third-order valence-corrected chi connectivity index (χ3v) is 4.03. The lowest BCUT2D eigenvalue weighted by atomic mass is 10.2. The quantitative estimate of drug-likeness (QED) is 0.874. The number of pyridine rings is 1. The minimum atomic E-state index is -0.106. The van der Waals surface area contributed by atoms with E-state index in [1.54, 1.807) is 18.1 Å². The van der Waals surface area contributed by atoms with E-state index < -0.39 is 0 Å². The van der Waals surface area contributed by atoms with E-state index in [1.165, 1.54) is 0 Å². The van der Waals surface area contributed by atoms with Crippen LogP contribution >= 0.6 is 0 Å². The summed E-state index contributed by atoms with van der Waals surface area (Å²) in [7, 11) is 1.78. The van der Waals surface area contributed by atoms with Crippen LogP contribution in [0, 0.1) is 6.92 Å². The topological polar surface area (TPSA) is 45.7 Å². The van der Waals surface area contributed by atoms with Crippen molar-refractivity contribution in [2.75, 3.05) is 43.2 Å². The van der Waals surface area contributed by atoms with Gasteiger partial charge in [0.25, 0.3) is 5.91 Å². The van der Waals surface area contributed by atoms with Crippen molar-refractivity contribution in [3.05, 3.63) is 53.9 Å². The number of nitrogens with zero attached hydrogens (tertiary/aromatic N) is 3. The number of benzene rings is 1. The summed E-state index contributed by atoms with van der Waals surface area (Å²) in [6, 6.07) is 11.7. The molecule has 0 aliphatic carbocycles. The Balaban J connectivity index is 1.81. The van der Waals surface area contributed by atoms with Gasteiger partial charge in [-0.15, -0.1) is 0 Å².